The number of carbonyl (C=O) groups is 1. The van der Waals surface area contributed by atoms with Crippen molar-refractivity contribution >= 4 is 17.3 Å². The molecule has 5 nitrogen and oxygen atoms in total. The molecule has 0 aromatic heterocycles. The molecular formula is C20H14N2O3. The Balaban J connectivity index is 1.91. The number of anilines is 2. The van der Waals surface area contributed by atoms with Crippen LogP contribution in [0.5, 0.6) is 11.5 Å². The number of benzene rings is 3. The lowest BCUT2D eigenvalue weighted by atomic mass is 9.77. The third-order valence-electron chi connectivity index (χ3n) is 4.76. The largest absolute Gasteiger partial charge is 0.456 e. The number of hydrogen-bond donors (Lipinski definition) is 2. The summed E-state index contributed by atoms with van der Waals surface area (Å²) in [6, 6.07) is 18.1. The fourth-order valence-corrected chi connectivity index (χ4v) is 3.71. The van der Waals surface area contributed by atoms with Gasteiger partial charge in [-0.2, -0.15) is 0 Å². The zero-order chi connectivity index (χ0) is 17.2. The molecule has 0 aliphatic carbocycles. The molecule has 0 amide bonds. The number of esters is 1. The van der Waals surface area contributed by atoms with Crippen LogP contribution in [0.3, 0.4) is 0 Å². The number of rotatable bonds is 0. The van der Waals surface area contributed by atoms with E-state index in [4.69, 9.17) is 20.9 Å². The first-order chi connectivity index (χ1) is 12.1. The molecule has 0 radical (unpaired) electrons. The van der Waals surface area contributed by atoms with Gasteiger partial charge in [0, 0.05) is 40.2 Å². The molecule has 122 valence electrons. The first-order valence-corrected chi connectivity index (χ1v) is 7.90. The third kappa shape index (κ3) is 1.69. The van der Waals surface area contributed by atoms with Gasteiger partial charge < -0.3 is 20.9 Å². The van der Waals surface area contributed by atoms with Crippen molar-refractivity contribution in [3.63, 3.8) is 0 Å². The first kappa shape index (κ1) is 13.9. The minimum absolute atomic E-state index is 0.358. The highest BCUT2D eigenvalue weighted by atomic mass is 16.6. The second-order valence-electron chi connectivity index (χ2n) is 6.23. The average Bonchev–Trinajstić information content (AvgIpc) is 2.88. The molecule has 0 atom stereocenters. The summed E-state index contributed by atoms with van der Waals surface area (Å²) in [6.45, 7) is 0. The first-order valence-electron chi connectivity index (χ1n) is 7.90. The van der Waals surface area contributed by atoms with Gasteiger partial charge in [0.1, 0.15) is 11.5 Å². The van der Waals surface area contributed by atoms with Crippen LogP contribution in [-0.4, -0.2) is 5.97 Å². The van der Waals surface area contributed by atoms with Gasteiger partial charge in [0.25, 0.3) is 0 Å². The molecule has 25 heavy (non-hydrogen) atoms. The molecular weight excluding hydrogens is 316 g/mol. The molecule has 4 N–H and O–H groups in total. The highest BCUT2D eigenvalue weighted by Gasteiger charge is 2.53. The van der Waals surface area contributed by atoms with Crippen molar-refractivity contribution < 1.29 is 14.3 Å². The van der Waals surface area contributed by atoms with E-state index in [2.05, 4.69) is 0 Å². The summed E-state index contributed by atoms with van der Waals surface area (Å²) in [5, 5.41) is 0. The number of nitrogens with two attached hydrogens (primary N) is 2. The highest BCUT2D eigenvalue weighted by molar-refractivity contribution is 5.97. The standard InChI is InChI=1S/C20H14N2O3/c21-11-5-7-15-17(9-11)24-18-10-12(22)6-8-16(18)20(15)14-4-2-1-3-13(14)19(23)25-20/h1-10H,21-22H2. The number of fused-ring (bicyclic) bond motifs is 6. The van der Waals surface area contributed by atoms with E-state index in [0.29, 0.717) is 28.4 Å². The molecule has 0 bridgehead atoms. The van der Waals surface area contributed by atoms with E-state index in [1.54, 1.807) is 30.3 Å². The SMILES string of the molecule is Nc1ccc2c(c1)Oc1cc(N)ccc1C21OC(=O)c2ccccc21. The molecule has 2 aliphatic heterocycles. The van der Waals surface area contributed by atoms with E-state index in [1.165, 1.54) is 0 Å². The Morgan fingerprint density at radius 1 is 0.760 bits per heavy atom. The van der Waals surface area contributed by atoms with Gasteiger partial charge in [-0.05, 0) is 30.3 Å². The van der Waals surface area contributed by atoms with Gasteiger partial charge in [-0.3, -0.25) is 0 Å². The second kappa shape index (κ2) is 4.54. The summed E-state index contributed by atoms with van der Waals surface area (Å²) < 4.78 is 12.0. The molecule has 0 saturated carbocycles. The van der Waals surface area contributed by atoms with Crippen molar-refractivity contribution in [3.05, 3.63) is 82.9 Å². The second-order valence-corrected chi connectivity index (χ2v) is 6.23. The smallest absolute Gasteiger partial charge is 0.340 e. The third-order valence-corrected chi connectivity index (χ3v) is 4.76. The maximum atomic E-state index is 12.6. The Hall–Kier alpha value is -3.47. The summed E-state index contributed by atoms with van der Waals surface area (Å²) in [5.74, 6) is 0.758. The van der Waals surface area contributed by atoms with Gasteiger partial charge in [0.05, 0.1) is 5.56 Å². The number of nitrogen functional groups attached to an aromatic ring is 2. The zero-order valence-electron chi connectivity index (χ0n) is 13.2. The molecule has 3 aromatic rings. The predicted octanol–water partition coefficient (Wildman–Crippen LogP) is 3.42. The molecule has 5 heteroatoms. The fourth-order valence-electron chi connectivity index (χ4n) is 3.71. The Kier molecular flexibility index (Phi) is 2.53. The van der Waals surface area contributed by atoms with Crippen LogP contribution >= 0.6 is 0 Å². The highest BCUT2D eigenvalue weighted by Crippen LogP contribution is 2.56. The monoisotopic (exact) mass is 330 g/mol. The molecule has 5 rings (SSSR count). The Labute approximate surface area is 143 Å². The van der Waals surface area contributed by atoms with Crippen molar-refractivity contribution in [1.29, 1.82) is 0 Å². The van der Waals surface area contributed by atoms with Crippen LogP contribution in [0.2, 0.25) is 0 Å². The van der Waals surface area contributed by atoms with E-state index >= 15 is 0 Å². The summed E-state index contributed by atoms with van der Waals surface area (Å²) >= 11 is 0. The molecule has 2 aliphatic rings. The number of hydrogen-bond acceptors (Lipinski definition) is 5. The molecule has 3 aromatic carbocycles. The van der Waals surface area contributed by atoms with E-state index in [9.17, 15) is 4.79 Å². The lowest BCUT2D eigenvalue weighted by molar-refractivity contribution is 0.0224. The molecule has 0 fully saturated rings. The van der Waals surface area contributed by atoms with Crippen LogP contribution in [0.1, 0.15) is 27.0 Å². The number of carbonyl (C=O) groups excluding carboxylic acids is 1. The maximum Gasteiger partial charge on any atom is 0.340 e. The summed E-state index contributed by atoms with van der Waals surface area (Å²) in [7, 11) is 0. The lowest BCUT2D eigenvalue weighted by Crippen LogP contribution is -2.33. The fraction of sp³-hybridized carbons (Fsp3) is 0.0500. The van der Waals surface area contributed by atoms with Crippen molar-refractivity contribution in [3.8, 4) is 11.5 Å². The molecule has 0 saturated heterocycles. The van der Waals surface area contributed by atoms with Crippen LogP contribution < -0.4 is 16.2 Å². The van der Waals surface area contributed by atoms with Gasteiger partial charge in [-0.15, -0.1) is 0 Å². The van der Waals surface area contributed by atoms with E-state index in [0.717, 1.165) is 16.7 Å². The van der Waals surface area contributed by atoms with Crippen molar-refractivity contribution in [1.82, 2.24) is 0 Å². The Morgan fingerprint density at radius 3 is 2.00 bits per heavy atom. The average molecular weight is 330 g/mol. The lowest BCUT2D eigenvalue weighted by Gasteiger charge is -2.36. The minimum Gasteiger partial charge on any atom is -0.456 e. The molecule has 1 spiro atoms. The Morgan fingerprint density at radius 2 is 1.36 bits per heavy atom. The summed E-state index contributed by atoms with van der Waals surface area (Å²) in [5.41, 5.74) is 14.8. The van der Waals surface area contributed by atoms with Gasteiger partial charge in [0.2, 0.25) is 0 Å². The van der Waals surface area contributed by atoms with Crippen LogP contribution in [0.15, 0.2) is 60.7 Å². The topological polar surface area (TPSA) is 87.6 Å². The van der Waals surface area contributed by atoms with Gasteiger partial charge in [-0.1, -0.05) is 18.2 Å². The van der Waals surface area contributed by atoms with Crippen LogP contribution in [0.4, 0.5) is 11.4 Å². The van der Waals surface area contributed by atoms with E-state index in [-0.39, 0.29) is 5.97 Å². The van der Waals surface area contributed by atoms with Crippen molar-refractivity contribution in [2.24, 2.45) is 0 Å². The predicted molar refractivity (Wildman–Crippen MR) is 93.5 cm³/mol. The minimum atomic E-state index is -1.06. The van der Waals surface area contributed by atoms with Gasteiger partial charge >= 0.3 is 5.97 Å². The maximum absolute atomic E-state index is 12.6. The van der Waals surface area contributed by atoms with Crippen LogP contribution in [0.25, 0.3) is 0 Å². The summed E-state index contributed by atoms with van der Waals surface area (Å²) in [6.07, 6.45) is 0. The molecule has 2 heterocycles. The van der Waals surface area contributed by atoms with E-state index in [1.807, 2.05) is 30.3 Å². The van der Waals surface area contributed by atoms with Crippen LogP contribution in [-0.2, 0) is 10.3 Å². The normalized spacial score (nSPS) is 15.8. The zero-order valence-corrected chi connectivity index (χ0v) is 13.2. The van der Waals surface area contributed by atoms with Crippen LogP contribution in [0, 0.1) is 0 Å². The van der Waals surface area contributed by atoms with Crippen molar-refractivity contribution in [2.45, 2.75) is 5.60 Å². The quantitative estimate of drug-likeness (QED) is 0.487. The van der Waals surface area contributed by atoms with Gasteiger partial charge in [-0.25, -0.2) is 4.79 Å². The van der Waals surface area contributed by atoms with E-state index < -0.39 is 5.60 Å². The molecule has 0 unspecified atom stereocenters. The van der Waals surface area contributed by atoms with Crippen molar-refractivity contribution in [2.75, 3.05) is 11.5 Å². The number of ether oxygens (including phenoxy) is 2. The summed E-state index contributed by atoms with van der Waals surface area (Å²) in [4.78, 5) is 12.6. The Bertz CT molecular complexity index is 1010. The van der Waals surface area contributed by atoms with Gasteiger partial charge in [0.15, 0.2) is 5.60 Å².